The minimum atomic E-state index is -1.52. The van der Waals surface area contributed by atoms with Crippen LogP contribution in [0.4, 0.5) is 4.79 Å². The summed E-state index contributed by atoms with van der Waals surface area (Å²) in [5, 5.41) is 20.1. The van der Waals surface area contributed by atoms with E-state index in [1.54, 1.807) is 18.2 Å². The topological polar surface area (TPSA) is 121 Å². The maximum atomic E-state index is 12.3. The Kier molecular flexibility index (Phi) is 7.74. The lowest BCUT2D eigenvalue weighted by Gasteiger charge is -2.42. The molecule has 2 N–H and O–H groups in total. The van der Waals surface area contributed by atoms with Crippen LogP contribution in [0.25, 0.3) is 0 Å². The van der Waals surface area contributed by atoms with Gasteiger partial charge in [0.15, 0.2) is 18.5 Å². The van der Waals surface area contributed by atoms with Crippen molar-refractivity contribution in [3.05, 3.63) is 48.6 Å². The molecule has 1 heterocycles. The van der Waals surface area contributed by atoms with Crippen LogP contribution < -0.4 is 0 Å². The van der Waals surface area contributed by atoms with E-state index in [1.807, 2.05) is 0 Å². The van der Waals surface area contributed by atoms with Crippen molar-refractivity contribution in [2.24, 2.45) is 0 Å². The highest BCUT2D eigenvalue weighted by molar-refractivity contribution is 5.89. The van der Waals surface area contributed by atoms with E-state index < -0.39 is 49.4 Å². The highest BCUT2D eigenvalue weighted by atomic mass is 16.8. The molecule has 5 atom stereocenters. The number of carbonyl (C=O) groups excluding carboxylic acids is 2. The molecule has 1 aromatic carbocycles. The maximum Gasteiger partial charge on any atom is 0.509 e. The fraction of sp³-hybridized carbons (Fsp3) is 0.444. The van der Waals surface area contributed by atoms with Gasteiger partial charge in [-0.05, 0) is 12.1 Å². The first-order chi connectivity index (χ1) is 13.0. The average Bonchev–Trinajstić information content (AvgIpc) is 2.70. The van der Waals surface area contributed by atoms with Gasteiger partial charge in [0.05, 0.1) is 12.2 Å². The van der Waals surface area contributed by atoms with Gasteiger partial charge in [-0.2, -0.15) is 0 Å². The summed E-state index contributed by atoms with van der Waals surface area (Å²) in [6, 6.07) is 8.09. The summed E-state index contributed by atoms with van der Waals surface area (Å²) in [6.45, 7) is 2.75. The summed E-state index contributed by atoms with van der Waals surface area (Å²) >= 11 is 0. The highest BCUT2D eigenvalue weighted by Gasteiger charge is 2.49. The van der Waals surface area contributed by atoms with Crippen molar-refractivity contribution in [1.29, 1.82) is 0 Å². The zero-order chi connectivity index (χ0) is 19.8. The number of carbonyl (C=O) groups is 2. The molecule has 0 bridgehead atoms. The van der Waals surface area contributed by atoms with Crippen molar-refractivity contribution >= 4 is 12.1 Å². The van der Waals surface area contributed by atoms with Gasteiger partial charge in [-0.3, -0.25) is 0 Å². The molecule has 1 aliphatic rings. The van der Waals surface area contributed by atoms with E-state index in [0.29, 0.717) is 0 Å². The van der Waals surface area contributed by atoms with E-state index in [9.17, 15) is 19.8 Å². The average molecular weight is 382 g/mol. The summed E-state index contributed by atoms with van der Waals surface area (Å²) < 4.78 is 25.6. The molecule has 0 amide bonds. The van der Waals surface area contributed by atoms with Crippen molar-refractivity contribution in [1.82, 2.24) is 0 Å². The lowest BCUT2D eigenvalue weighted by molar-refractivity contribution is -0.294. The molecule has 0 aliphatic carbocycles. The van der Waals surface area contributed by atoms with Crippen LogP contribution in [0.2, 0.25) is 0 Å². The van der Waals surface area contributed by atoms with E-state index in [0.717, 1.165) is 0 Å². The Hall–Kier alpha value is -2.46. The molecule has 9 nitrogen and oxygen atoms in total. The Morgan fingerprint density at radius 2 is 1.93 bits per heavy atom. The van der Waals surface area contributed by atoms with Gasteiger partial charge >= 0.3 is 12.1 Å². The first kappa shape index (κ1) is 20.8. The molecule has 0 saturated carbocycles. The number of hydrogen-bond donors (Lipinski definition) is 2. The Morgan fingerprint density at radius 3 is 2.52 bits per heavy atom. The summed E-state index contributed by atoms with van der Waals surface area (Å²) in [5.74, 6) is -0.731. The molecule has 1 saturated heterocycles. The second kappa shape index (κ2) is 10.0. The third-order valence-corrected chi connectivity index (χ3v) is 3.83. The van der Waals surface area contributed by atoms with E-state index in [-0.39, 0.29) is 12.2 Å². The van der Waals surface area contributed by atoms with Crippen LogP contribution in [-0.2, 0) is 23.7 Å². The quantitative estimate of drug-likeness (QED) is 0.517. The maximum absolute atomic E-state index is 12.3. The molecule has 27 heavy (non-hydrogen) atoms. The van der Waals surface area contributed by atoms with Crippen LogP contribution in [0.5, 0.6) is 0 Å². The van der Waals surface area contributed by atoms with Crippen LogP contribution in [0.3, 0.4) is 0 Å². The Bertz CT molecular complexity index is 633. The van der Waals surface area contributed by atoms with E-state index >= 15 is 0 Å². The van der Waals surface area contributed by atoms with Crippen molar-refractivity contribution in [3.63, 3.8) is 0 Å². The number of benzene rings is 1. The molecular formula is C18H22O9. The molecule has 0 spiro atoms. The van der Waals surface area contributed by atoms with Gasteiger partial charge < -0.3 is 33.9 Å². The van der Waals surface area contributed by atoms with Crippen molar-refractivity contribution in [3.8, 4) is 0 Å². The van der Waals surface area contributed by atoms with Crippen molar-refractivity contribution in [2.45, 2.75) is 30.7 Å². The lowest BCUT2D eigenvalue weighted by Crippen LogP contribution is -2.61. The summed E-state index contributed by atoms with van der Waals surface area (Å²) in [7, 11) is 1.27. The predicted octanol–water partition coefficient (Wildman–Crippen LogP) is 0.644. The zero-order valence-corrected chi connectivity index (χ0v) is 14.7. The summed E-state index contributed by atoms with van der Waals surface area (Å²) in [6.07, 6.45) is -6.18. The van der Waals surface area contributed by atoms with Gasteiger partial charge in [0.2, 0.25) is 0 Å². The van der Waals surface area contributed by atoms with Crippen molar-refractivity contribution < 1.29 is 43.5 Å². The fourth-order valence-electron chi connectivity index (χ4n) is 2.54. The molecule has 0 unspecified atom stereocenters. The van der Waals surface area contributed by atoms with Crippen LogP contribution >= 0.6 is 0 Å². The largest absolute Gasteiger partial charge is 0.509 e. The monoisotopic (exact) mass is 382 g/mol. The number of esters is 1. The summed E-state index contributed by atoms with van der Waals surface area (Å²) in [5.41, 5.74) is 0.248. The van der Waals surface area contributed by atoms with E-state index in [1.165, 1.54) is 25.3 Å². The third-order valence-electron chi connectivity index (χ3n) is 3.83. The van der Waals surface area contributed by atoms with Crippen molar-refractivity contribution in [2.75, 3.05) is 20.3 Å². The predicted molar refractivity (Wildman–Crippen MR) is 90.8 cm³/mol. The normalized spacial score (nSPS) is 27.4. The third kappa shape index (κ3) is 5.27. The van der Waals surface area contributed by atoms with Gasteiger partial charge in [0, 0.05) is 7.11 Å². The standard InChI is InChI=1S/C18H22O9/c1-3-9-24-18(22)27-15-13(20)14(12(10-19)25-17(15)23-2)26-16(21)11-7-5-4-6-8-11/h3-8,12-15,17,19-20H,1,9-10H2,2H3/t12-,13+,14-,15-,17+/m1/s1. The lowest BCUT2D eigenvalue weighted by atomic mass is 9.98. The minimum absolute atomic E-state index is 0.0914. The Labute approximate surface area is 156 Å². The van der Waals surface area contributed by atoms with Gasteiger partial charge in [0.1, 0.15) is 18.8 Å². The second-order valence-electron chi connectivity index (χ2n) is 5.62. The van der Waals surface area contributed by atoms with Crippen LogP contribution in [0.15, 0.2) is 43.0 Å². The van der Waals surface area contributed by atoms with E-state index in [4.69, 9.17) is 23.7 Å². The van der Waals surface area contributed by atoms with Crippen LogP contribution in [0.1, 0.15) is 10.4 Å². The minimum Gasteiger partial charge on any atom is -0.453 e. The highest BCUT2D eigenvalue weighted by Crippen LogP contribution is 2.27. The Balaban J connectivity index is 2.15. The first-order valence-electron chi connectivity index (χ1n) is 8.19. The first-order valence-corrected chi connectivity index (χ1v) is 8.19. The number of methoxy groups -OCH3 is 1. The molecular weight excluding hydrogens is 360 g/mol. The molecule has 148 valence electrons. The number of aliphatic hydroxyl groups excluding tert-OH is 2. The molecule has 2 rings (SSSR count). The molecule has 0 aromatic heterocycles. The zero-order valence-electron chi connectivity index (χ0n) is 14.7. The number of aliphatic hydroxyl groups is 2. The summed E-state index contributed by atoms with van der Waals surface area (Å²) in [4.78, 5) is 24.0. The fourth-order valence-corrected chi connectivity index (χ4v) is 2.54. The molecule has 0 radical (unpaired) electrons. The molecule has 1 aliphatic heterocycles. The number of ether oxygens (including phenoxy) is 5. The molecule has 1 fully saturated rings. The van der Waals surface area contributed by atoms with E-state index in [2.05, 4.69) is 6.58 Å². The number of hydrogen-bond acceptors (Lipinski definition) is 9. The van der Waals surface area contributed by atoms with Gasteiger partial charge in [-0.15, -0.1) is 0 Å². The molecule has 1 aromatic rings. The van der Waals surface area contributed by atoms with Crippen LogP contribution in [0, 0.1) is 0 Å². The second-order valence-corrected chi connectivity index (χ2v) is 5.62. The Morgan fingerprint density at radius 1 is 1.22 bits per heavy atom. The SMILES string of the molecule is C=CCOC(=O)O[C@H]1[C@@H](OC)O[C@H](CO)[C@@H](OC(=O)c2ccccc2)[C@@H]1O. The number of rotatable bonds is 7. The molecule has 9 heteroatoms. The van der Waals surface area contributed by atoms with Gasteiger partial charge in [0.25, 0.3) is 0 Å². The van der Waals surface area contributed by atoms with Crippen LogP contribution in [-0.4, -0.2) is 73.4 Å². The smallest absolute Gasteiger partial charge is 0.453 e. The van der Waals surface area contributed by atoms with Gasteiger partial charge in [-0.25, -0.2) is 9.59 Å². The van der Waals surface area contributed by atoms with Gasteiger partial charge in [-0.1, -0.05) is 30.9 Å².